The molecule has 2 aromatic heterocycles. The third-order valence-corrected chi connectivity index (χ3v) is 3.39. The number of hydrogen-bond acceptors (Lipinski definition) is 6. The minimum Gasteiger partial charge on any atom is -0.382 e. The smallest absolute Gasteiger partial charge is 0.269 e. The lowest BCUT2D eigenvalue weighted by Crippen LogP contribution is -2.12. The van der Waals surface area contributed by atoms with E-state index in [1.165, 1.54) is 11.3 Å². The SMILES string of the molecule is CN(C)c1nc(N)c(C(=O)Nc2cccnc2)s1. The summed E-state index contributed by atoms with van der Waals surface area (Å²) < 4.78 is 0. The zero-order valence-electron chi connectivity index (χ0n) is 10.0. The van der Waals surface area contributed by atoms with Gasteiger partial charge in [-0.05, 0) is 12.1 Å². The minimum absolute atomic E-state index is 0.241. The van der Waals surface area contributed by atoms with Crippen LogP contribution in [0.1, 0.15) is 9.67 Å². The molecule has 0 saturated carbocycles. The van der Waals surface area contributed by atoms with E-state index in [-0.39, 0.29) is 11.7 Å². The Bertz CT molecular complexity index is 552. The molecule has 6 nitrogen and oxygen atoms in total. The Morgan fingerprint density at radius 3 is 2.83 bits per heavy atom. The fourth-order valence-electron chi connectivity index (χ4n) is 1.30. The van der Waals surface area contributed by atoms with Gasteiger partial charge in [-0.1, -0.05) is 11.3 Å². The molecule has 0 saturated heterocycles. The topological polar surface area (TPSA) is 84.1 Å². The Balaban J connectivity index is 2.19. The van der Waals surface area contributed by atoms with Crippen molar-refractivity contribution in [3.05, 3.63) is 29.4 Å². The maximum absolute atomic E-state index is 12.0. The average molecular weight is 263 g/mol. The molecule has 18 heavy (non-hydrogen) atoms. The zero-order chi connectivity index (χ0) is 13.1. The van der Waals surface area contributed by atoms with Gasteiger partial charge in [0.15, 0.2) is 5.13 Å². The molecule has 0 aliphatic rings. The highest BCUT2D eigenvalue weighted by Gasteiger charge is 2.17. The fourth-order valence-corrected chi connectivity index (χ4v) is 2.10. The van der Waals surface area contributed by atoms with Crippen LogP contribution in [0.5, 0.6) is 0 Å². The van der Waals surface area contributed by atoms with Gasteiger partial charge >= 0.3 is 0 Å². The molecule has 2 heterocycles. The number of carbonyl (C=O) groups is 1. The van der Waals surface area contributed by atoms with Crippen LogP contribution in [-0.4, -0.2) is 30.0 Å². The highest BCUT2D eigenvalue weighted by molar-refractivity contribution is 7.18. The summed E-state index contributed by atoms with van der Waals surface area (Å²) in [6.45, 7) is 0. The van der Waals surface area contributed by atoms with Crippen LogP contribution in [0.3, 0.4) is 0 Å². The van der Waals surface area contributed by atoms with Crippen LogP contribution < -0.4 is 16.0 Å². The second-order valence-electron chi connectivity index (χ2n) is 3.80. The first-order chi connectivity index (χ1) is 8.58. The van der Waals surface area contributed by atoms with E-state index in [1.54, 1.807) is 24.5 Å². The van der Waals surface area contributed by atoms with Crippen LogP contribution in [0.4, 0.5) is 16.6 Å². The third kappa shape index (κ3) is 2.57. The van der Waals surface area contributed by atoms with Crippen LogP contribution in [0.2, 0.25) is 0 Å². The number of rotatable bonds is 3. The van der Waals surface area contributed by atoms with Gasteiger partial charge in [-0.15, -0.1) is 0 Å². The number of pyridine rings is 1. The molecule has 0 aliphatic carbocycles. The van der Waals surface area contributed by atoms with Crippen LogP contribution in [-0.2, 0) is 0 Å². The monoisotopic (exact) mass is 263 g/mol. The summed E-state index contributed by atoms with van der Waals surface area (Å²) in [7, 11) is 3.70. The second kappa shape index (κ2) is 5.01. The number of anilines is 3. The van der Waals surface area contributed by atoms with E-state index in [2.05, 4.69) is 15.3 Å². The van der Waals surface area contributed by atoms with Gasteiger partial charge in [0.25, 0.3) is 5.91 Å². The van der Waals surface area contributed by atoms with Gasteiger partial charge in [0.1, 0.15) is 10.7 Å². The highest BCUT2D eigenvalue weighted by atomic mass is 32.1. The van der Waals surface area contributed by atoms with Crippen molar-refractivity contribution in [3.63, 3.8) is 0 Å². The zero-order valence-corrected chi connectivity index (χ0v) is 10.9. The Labute approximate surface area is 108 Å². The first-order valence-corrected chi connectivity index (χ1v) is 6.04. The Kier molecular flexibility index (Phi) is 3.42. The van der Waals surface area contributed by atoms with E-state index in [0.717, 1.165) is 0 Å². The molecule has 2 aromatic rings. The number of thiazole rings is 1. The number of carbonyl (C=O) groups excluding carboxylic acids is 1. The van der Waals surface area contributed by atoms with Gasteiger partial charge in [-0.3, -0.25) is 9.78 Å². The van der Waals surface area contributed by atoms with Crippen molar-refractivity contribution >= 4 is 33.9 Å². The maximum atomic E-state index is 12.0. The summed E-state index contributed by atoms with van der Waals surface area (Å²) in [5.41, 5.74) is 6.36. The van der Waals surface area contributed by atoms with Crippen molar-refractivity contribution in [3.8, 4) is 0 Å². The first kappa shape index (κ1) is 12.3. The molecule has 0 aliphatic heterocycles. The van der Waals surface area contributed by atoms with E-state index in [4.69, 9.17) is 5.73 Å². The molecule has 3 N–H and O–H groups in total. The predicted molar refractivity (Wildman–Crippen MR) is 73.0 cm³/mol. The molecule has 0 bridgehead atoms. The van der Waals surface area contributed by atoms with Crippen molar-refractivity contribution in [1.82, 2.24) is 9.97 Å². The lowest BCUT2D eigenvalue weighted by molar-refractivity contribution is 0.103. The molecule has 0 unspecified atom stereocenters. The molecular weight excluding hydrogens is 250 g/mol. The van der Waals surface area contributed by atoms with E-state index in [1.807, 2.05) is 19.0 Å². The van der Waals surface area contributed by atoms with Crippen molar-refractivity contribution in [2.75, 3.05) is 30.0 Å². The Morgan fingerprint density at radius 1 is 1.50 bits per heavy atom. The number of amides is 1. The number of nitrogens with two attached hydrogens (primary N) is 1. The summed E-state index contributed by atoms with van der Waals surface area (Å²) in [6.07, 6.45) is 3.21. The van der Waals surface area contributed by atoms with Crippen molar-refractivity contribution < 1.29 is 4.79 Å². The second-order valence-corrected chi connectivity index (χ2v) is 4.78. The largest absolute Gasteiger partial charge is 0.382 e. The van der Waals surface area contributed by atoms with E-state index in [0.29, 0.717) is 15.7 Å². The van der Waals surface area contributed by atoms with Crippen LogP contribution >= 0.6 is 11.3 Å². The number of nitrogens with one attached hydrogen (secondary N) is 1. The van der Waals surface area contributed by atoms with Gasteiger partial charge < -0.3 is 16.0 Å². The van der Waals surface area contributed by atoms with E-state index in [9.17, 15) is 4.79 Å². The summed E-state index contributed by atoms with van der Waals surface area (Å²) in [5.74, 6) is -0.0313. The predicted octanol–water partition coefficient (Wildman–Crippen LogP) is 1.44. The summed E-state index contributed by atoms with van der Waals surface area (Å²) >= 11 is 1.25. The fraction of sp³-hybridized carbons (Fsp3) is 0.182. The molecule has 0 fully saturated rings. The maximum Gasteiger partial charge on any atom is 0.269 e. The quantitative estimate of drug-likeness (QED) is 0.875. The Morgan fingerprint density at radius 2 is 2.28 bits per heavy atom. The van der Waals surface area contributed by atoms with Crippen molar-refractivity contribution in [2.45, 2.75) is 0 Å². The van der Waals surface area contributed by atoms with E-state index >= 15 is 0 Å². The lowest BCUT2D eigenvalue weighted by atomic mass is 10.4. The summed E-state index contributed by atoms with van der Waals surface area (Å²) in [4.78, 5) is 22.3. The molecule has 0 radical (unpaired) electrons. The normalized spacial score (nSPS) is 10.1. The molecule has 94 valence electrons. The van der Waals surface area contributed by atoms with Crippen molar-refractivity contribution in [1.29, 1.82) is 0 Å². The molecule has 0 aromatic carbocycles. The molecule has 7 heteroatoms. The Hall–Kier alpha value is -2.15. The van der Waals surface area contributed by atoms with Crippen LogP contribution in [0.15, 0.2) is 24.5 Å². The number of hydrogen-bond donors (Lipinski definition) is 2. The van der Waals surface area contributed by atoms with Crippen LogP contribution in [0.25, 0.3) is 0 Å². The summed E-state index contributed by atoms with van der Waals surface area (Å²) in [5, 5.41) is 3.42. The molecule has 1 amide bonds. The molecule has 2 rings (SSSR count). The van der Waals surface area contributed by atoms with Gasteiger partial charge in [-0.25, -0.2) is 4.98 Å². The minimum atomic E-state index is -0.272. The van der Waals surface area contributed by atoms with Gasteiger partial charge in [0.2, 0.25) is 0 Å². The number of nitrogens with zero attached hydrogens (tertiary/aromatic N) is 3. The van der Waals surface area contributed by atoms with Gasteiger partial charge in [0.05, 0.1) is 11.9 Å². The summed E-state index contributed by atoms with van der Waals surface area (Å²) in [6, 6.07) is 3.51. The van der Waals surface area contributed by atoms with Crippen LogP contribution in [0, 0.1) is 0 Å². The lowest BCUT2D eigenvalue weighted by Gasteiger charge is -2.05. The molecule has 0 spiro atoms. The first-order valence-electron chi connectivity index (χ1n) is 5.23. The molecular formula is C11H13N5OS. The van der Waals surface area contributed by atoms with Crippen molar-refractivity contribution in [2.24, 2.45) is 0 Å². The standard InChI is InChI=1S/C11H13N5OS/c1-16(2)11-15-9(12)8(18-11)10(17)14-7-4-3-5-13-6-7/h3-6H,12H2,1-2H3,(H,14,17). The number of aromatic nitrogens is 2. The van der Waals surface area contributed by atoms with Gasteiger partial charge in [-0.2, -0.15) is 0 Å². The molecule has 0 atom stereocenters. The highest BCUT2D eigenvalue weighted by Crippen LogP contribution is 2.27. The third-order valence-electron chi connectivity index (χ3n) is 2.15. The number of nitrogen functional groups attached to an aromatic ring is 1. The van der Waals surface area contributed by atoms with Gasteiger partial charge in [0, 0.05) is 20.3 Å². The van der Waals surface area contributed by atoms with E-state index < -0.39 is 0 Å². The average Bonchev–Trinajstić information content (AvgIpc) is 2.73.